The highest BCUT2D eigenvalue weighted by atomic mass is 32.1. The molecule has 0 bridgehead atoms. The molecule has 0 spiro atoms. The summed E-state index contributed by atoms with van der Waals surface area (Å²) in [5, 5.41) is 12.6. The number of rotatable bonds is 6. The number of nitrogens with zero attached hydrogens (tertiary/aromatic N) is 5. The van der Waals surface area contributed by atoms with Gasteiger partial charge in [0.25, 0.3) is 0 Å². The van der Waals surface area contributed by atoms with Gasteiger partial charge in [0, 0.05) is 43.6 Å². The number of H-pyrrole nitrogens is 1. The first-order chi connectivity index (χ1) is 16.1. The van der Waals surface area contributed by atoms with E-state index in [4.69, 9.17) is 14.7 Å². The fourth-order valence-corrected chi connectivity index (χ4v) is 4.64. The largest absolute Gasteiger partial charge is 0.462 e. The van der Waals surface area contributed by atoms with Gasteiger partial charge in [-0.05, 0) is 49.6 Å². The van der Waals surface area contributed by atoms with E-state index in [9.17, 15) is 4.79 Å². The van der Waals surface area contributed by atoms with Crippen LogP contribution in [0, 0.1) is 6.92 Å². The van der Waals surface area contributed by atoms with Crippen LogP contribution in [0.3, 0.4) is 0 Å². The molecule has 2 N–H and O–H groups in total. The third-order valence-electron chi connectivity index (χ3n) is 5.55. The molecule has 0 saturated carbocycles. The van der Waals surface area contributed by atoms with Gasteiger partial charge in [-0.1, -0.05) is 0 Å². The van der Waals surface area contributed by atoms with Gasteiger partial charge in [-0.15, -0.1) is 11.3 Å². The average Bonchev–Trinajstić information content (AvgIpc) is 3.48. The van der Waals surface area contributed by atoms with Gasteiger partial charge in [0.2, 0.25) is 5.95 Å². The van der Waals surface area contributed by atoms with E-state index in [0.717, 1.165) is 59.4 Å². The lowest BCUT2D eigenvalue weighted by Crippen LogP contribution is -2.47. The van der Waals surface area contributed by atoms with Crippen LogP contribution in [0.2, 0.25) is 0 Å². The summed E-state index contributed by atoms with van der Waals surface area (Å²) in [5.74, 6) is 1.94. The Morgan fingerprint density at radius 3 is 2.58 bits per heavy atom. The Bertz CT molecular complexity index is 1260. The molecule has 1 aliphatic rings. The zero-order valence-corrected chi connectivity index (χ0v) is 19.4. The second-order valence-electron chi connectivity index (χ2n) is 7.81. The third kappa shape index (κ3) is 4.47. The van der Waals surface area contributed by atoms with Crippen LogP contribution in [0.15, 0.2) is 41.8 Å². The van der Waals surface area contributed by atoms with E-state index in [1.54, 1.807) is 11.3 Å². The molecule has 33 heavy (non-hydrogen) atoms. The summed E-state index contributed by atoms with van der Waals surface area (Å²) >= 11 is 1.61. The van der Waals surface area contributed by atoms with E-state index in [1.165, 1.54) is 0 Å². The van der Waals surface area contributed by atoms with Crippen LogP contribution in [0.25, 0.3) is 10.2 Å². The number of benzene rings is 1. The number of fused-ring (bicyclic) bond motifs is 1. The maximum Gasteiger partial charge on any atom is 0.338 e. The predicted molar refractivity (Wildman–Crippen MR) is 131 cm³/mol. The molecule has 0 atom stereocenters. The number of aromatic amines is 1. The van der Waals surface area contributed by atoms with Gasteiger partial charge >= 0.3 is 5.97 Å². The number of esters is 1. The number of aromatic nitrogens is 4. The number of hydrogen-bond acceptors (Lipinski definition) is 9. The standard InChI is InChI=1S/C23H25N7O2S/c1-3-32-22(31)16-4-6-17(7-5-16)29-9-11-30(12-10-29)23-24-18-8-13-33-20(18)21(26-23)25-19-14-15(2)27-28-19/h4-8,13-14H,3,9-12H2,1-2H3,(H2,24,25,26,27,28). The topological polar surface area (TPSA) is 99.3 Å². The second kappa shape index (κ2) is 9.07. The minimum absolute atomic E-state index is 0.288. The third-order valence-corrected chi connectivity index (χ3v) is 6.46. The van der Waals surface area contributed by atoms with Gasteiger partial charge in [-0.3, -0.25) is 5.10 Å². The quantitative estimate of drug-likeness (QED) is 0.415. The zero-order chi connectivity index (χ0) is 22.8. The zero-order valence-electron chi connectivity index (χ0n) is 18.5. The highest BCUT2D eigenvalue weighted by molar-refractivity contribution is 7.17. The van der Waals surface area contributed by atoms with Crippen LogP contribution >= 0.6 is 11.3 Å². The Balaban J connectivity index is 1.30. The molecule has 0 aliphatic carbocycles. The van der Waals surface area contributed by atoms with E-state index in [-0.39, 0.29) is 5.97 Å². The molecule has 0 unspecified atom stereocenters. The van der Waals surface area contributed by atoms with Gasteiger partial charge in [-0.25, -0.2) is 9.78 Å². The van der Waals surface area contributed by atoms with E-state index in [0.29, 0.717) is 18.1 Å². The molecule has 9 nitrogen and oxygen atoms in total. The summed E-state index contributed by atoms with van der Waals surface area (Å²) in [4.78, 5) is 26.0. The molecule has 4 heterocycles. The lowest BCUT2D eigenvalue weighted by Gasteiger charge is -2.36. The van der Waals surface area contributed by atoms with E-state index < -0.39 is 0 Å². The number of carbonyl (C=O) groups excluding carboxylic acids is 1. The second-order valence-corrected chi connectivity index (χ2v) is 8.73. The molecule has 4 aromatic rings. The first kappa shape index (κ1) is 21.2. The van der Waals surface area contributed by atoms with E-state index >= 15 is 0 Å². The fourth-order valence-electron chi connectivity index (χ4n) is 3.87. The van der Waals surface area contributed by atoms with Crippen molar-refractivity contribution >= 4 is 50.8 Å². The number of ether oxygens (including phenoxy) is 1. The van der Waals surface area contributed by atoms with Crippen molar-refractivity contribution in [3.63, 3.8) is 0 Å². The lowest BCUT2D eigenvalue weighted by atomic mass is 10.2. The SMILES string of the molecule is CCOC(=O)c1ccc(N2CCN(c3nc(Nc4cc(C)[nH]n4)c4sccc4n3)CC2)cc1. The Kier molecular flexibility index (Phi) is 5.82. The normalized spacial score (nSPS) is 14.0. The monoisotopic (exact) mass is 463 g/mol. The molecule has 3 aromatic heterocycles. The van der Waals surface area contributed by atoms with Gasteiger partial charge < -0.3 is 19.9 Å². The average molecular weight is 464 g/mol. The first-order valence-corrected chi connectivity index (χ1v) is 11.8. The number of carbonyl (C=O) groups is 1. The lowest BCUT2D eigenvalue weighted by molar-refractivity contribution is 0.0526. The number of piperazine rings is 1. The Morgan fingerprint density at radius 2 is 1.88 bits per heavy atom. The maximum atomic E-state index is 11.9. The van der Waals surface area contributed by atoms with E-state index in [1.807, 2.05) is 55.6 Å². The van der Waals surface area contributed by atoms with Crippen molar-refractivity contribution in [2.75, 3.05) is 47.9 Å². The van der Waals surface area contributed by atoms with Gasteiger partial charge in [0.15, 0.2) is 11.6 Å². The first-order valence-electron chi connectivity index (χ1n) is 10.9. The van der Waals surface area contributed by atoms with Crippen molar-refractivity contribution in [1.82, 2.24) is 20.2 Å². The summed E-state index contributed by atoms with van der Waals surface area (Å²) in [6, 6.07) is 11.6. The van der Waals surface area contributed by atoms with Crippen LogP contribution in [0.5, 0.6) is 0 Å². The van der Waals surface area contributed by atoms with Crippen molar-refractivity contribution in [3.8, 4) is 0 Å². The van der Waals surface area contributed by atoms with Gasteiger partial charge in [0.05, 0.1) is 22.4 Å². The summed E-state index contributed by atoms with van der Waals surface area (Å²) in [5.41, 5.74) is 3.58. The smallest absolute Gasteiger partial charge is 0.338 e. The fraction of sp³-hybridized carbons (Fsp3) is 0.304. The maximum absolute atomic E-state index is 11.9. The van der Waals surface area contributed by atoms with Crippen LogP contribution in [0.1, 0.15) is 23.0 Å². The molecule has 0 amide bonds. The Labute approximate surface area is 195 Å². The summed E-state index contributed by atoms with van der Waals surface area (Å²) in [7, 11) is 0. The number of anilines is 4. The van der Waals surface area contributed by atoms with Crippen molar-refractivity contribution in [1.29, 1.82) is 0 Å². The minimum Gasteiger partial charge on any atom is -0.462 e. The molecule has 5 rings (SSSR count). The number of thiophene rings is 1. The van der Waals surface area contributed by atoms with Crippen LogP contribution in [0.4, 0.5) is 23.3 Å². The molecule has 1 fully saturated rings. The molecule has 1 saturated heterocycles. The summed E-state index contributed by atoms with van der Waals surface area (Å²) in [6.07, 6.45) is 0. The van der Waals surface area contributed by atoms with Crippen LogP contribution < -0.4 is 15.1 Å². The summed E-state index contributed by atoms with van der Waals surface area (Å²) < 4.78 is 6.08. The molecule has 170 valence electrons. The van der Waals surface area contributed by atoms with Crippen LogP contribution in [-0.2, 0) is 4.74 Å². The number of aryl methyl sites for hydroxylation is 1. The molecule has 0 radical (unpaired) electrons. The number of hydrogen-bond donors (Lipinski definition) is 2. The van der Waals surface area contributed by atoms with Crippen molar-refractivity contribution in [3.05, 3.63) is 53.0 Å². The Morgan fingerprint density at radius 1 is 1.12 bits per heavy atom. The van der Waals surface area contributed by atoms with Crippen molar-refractivity contribution in [2.45, 2.75) is 13.8 Å². The van der Waals surface area contributed by atoms with Crippen molar-refractivity contribution in [2.24, 2.45) is 0 Å². The molecule has 10 heteroatoms. The summed E-state index contributed by atoms with van der Waals surface area (Å²) in [6.45, 7) is 7.43. The minimum atomic E-state index is -0.288. The van der Waals surface area contributed by atoms with Gasteiger partial charge in [-0.2, -0.15) is 10.1 Å². The Hall–Kier alpha value is -3.66. The van der Waals surface area contributed by atoms with E-state index in [2.05, 4.69) is 25.3 Å². The predicted octanol–water partition coefficient (Wildman–Crippen LogP) is 3.97. The number of nitrogens with one attached hydrogen (secondary N) is 2. The van der Waals surface area contributed by atoms with Crippen molar-refractivity contribution < 1.29 is 9.53 Å². The molecule has 1 aliphatic heterocycles. The highest BCUT2D eigenvalue weighted by Gasteiger charge is 2.21. The van der Waals surface area contributed by atoms with Gasteiger partial charge in [0.1, 0.15) is 0 Å². The molecule has 1 aromatic carbocycles. The van der Waals surface area contributed by atoms with Crippen LogP contribution in [-0.4, -0.2) is 58.9 Å². The molecular formula is C23H25N7O2S. The highest BCUT2D eigenvalue weighted by Crippen LogP contribution is 2.30. The molecular weight excluding hydrogens is 438 g/mol.